The molecule has 0 bridgehead atoms. The van der Waals surface area contributed by atoms with E-state index < -0.39 is 0 Å². The number of rotatable bonds is 7. The fourth-order valence-corrected chi connectivity index (χ4v) is 3.65. The van der Waals surface area contributed by atoms with Crippen LogP contribution in [0, 0.1) is 6.92 Å². The highest BCUT2D eigenvalue weighted by molar-refractivity contribution is 6.30. The third-order valence-electron chi connectivity index (χ3n) is 4.91. The van der Waals surface area contributed by atoms with Crippen molar-refractivity contribution >= 4 is 17.5 Å². The number of nitrogens with zero attached hydrogens (tertiary/aromatic N) is 1. The summed E-state index contributed by atoms with van der Waals surface area (Å²) in [5.41, 5.74) is 4.33. The maximum atomic E-state index is 13.2. The van der Waals surface area contributed by atoms with Crippen LogP contribution in [0.25, 0.3) is 11.1 Å². The summed E-state index contributed by atoms with van der Waals surface area (Å²) in [5, 5.41) is 3.69. The van der Waals surface area contributed by atoms with Crippen molar-refractivity contribution in [3.8, 4) is 22.6 Å². The average molecular weight is 413 g/mol. The second-order valence-electron chi connectivity index (χ2n) is 6.65. The molecule has 152 valence electrons. The van der Waals surface area contributed by atoms with Crippen molar-refractivity contribution in [1.29, 1.82) is 0 Å². The van der Waals surface area contributed by atoms with Gasteiger partial charge in [-0.1, -0.05) is 29.8 Å². The normalized spacial score (nSPS) is 10.7. The lowest BCUT2D eigenvalue weighted by molar-refractivity contribution is 0.0942. The van der Waals surface area contributed by atoms with Gasteiger partial charge in [0.25, 0.3) is 5.91 Å². The standard InChI is InChI=1S/C23H25ClN2O3/c1-5-26-14-15(2)21(16-9-11-17(24)12-10-16)22(26)23(27)25-13-18-19(28-3)7-6-8-20(18)29-4/h6-12,14H,5,13H2,1-4H3,(H,25,27). The summed E-state index contributed by atoms with van der Waals surface area (Å²) < 4.78 is 12.8. The molecule has 5 nitrogen and oxygen atoms in total. The fourth-order valence-electron chi connectivity index (χ4n) is 3.52. The van der Waals surface area contributed by atoms with E-state index in [4.69, 9.17) is 21.1 Å². The molecule has 1 aromatic heterocycles. The summed E-state index contributed by atoms with van der Waals surface area (Å²) in [6.07, 6.45) is 2.00. The topological polar surface area (TPSA) is 52.5 Å². The Kier molecular flexibility index (Phi) is 6.49. The van der Waals surface area contributed by atoms with E-state index in [0.29, 0.717) is 35.3 Å². The van der Waals surface area contributed by atoms with E-state index in [1.165, 1.54) is 0 Å². The van der Waals surface area contributed by atoms with Gasteiger partial charge in [0.2, 0.25) is 0 Å². The molecule has 1 amide bonds. The van der Waals surface area contributed by atoms with Gasteiger partial charge in [0.05, 0.1) is 26.3 Å². The third-order valence-corrected chi connectivity index (χ3v) is 5.16. The minimum absolute atomic E-state index is 0.155. The van der Waals surface area contributed by atoms with Crippen LogP contribution in [-0.4, -0.2) is 24.7 Å². The smallest absolute Gasteiger partial charge is 0.268 e. The molecule has 1 heterocycles. The molecular weight excluding hydrogens is 388 g/mol. The van der Waals surface area contributed by atoms with Gasteiger partial charge in [-0.3, -0.25) is 4.79 Å². The van der Waals surface area contributed by atoms with Crippen molar-refractivity contribution in [3.05, 3.63) is 70.5 Å². The maximum absolute atomic E-state index is 13.2. The molecule has 0 fully saturated rings. The second kappa shape index (κ2) is 9.05. The first-order valence-corrected chi connectivity index (χ1v) is 9.81. The number of carbonyl (C=O) groups excluding carboxylic acids is 1. The summed E-state index contributed by atoms with van der Waals surface area (Å²) in [6.45, 7) is 5.01. The summed E-state index contributed by atoms with van der Waals surface area (Å²) in [7, 11) is 3.20. The molecule has 3 aromatic rings. The van der Waals surface area contributed by atoms with Crippen molar-refractivity contribution < 1.29 is 14.3 Å². The molecule has 0 saturated carbocycles. The van der Waals surface area contributed by atoms with Crippen molar-refractivity contribution in [2.45, 2.75) is 26.9 Å². The number of aryl methyl sites for hydroxylation is 2. The maximum Gasteiger partial charge on any atom is 0.268 e. The zero-order valence-corrected chi connectivity index (χ0v) is 17.8. The van der Waals surface area contributed by atoms with Crippen LogP contribution in [0.4, 0.5) is 0 Å². The highest BCUT2D eigenvalue weighted by Gasteiger charge is 2.21. The second-order valence-corrected chi connectivity index (χ2v) is 7.09. The van der Waals surface area contributed by atoms with Crippen molar-refractivity contribution in [2.24, 2.45) is 0 Å². The molecule has 2 aromatic carbocycles. The number of carbonyl (C=O) groups is 1. The van der Waals surface area contributed by atoms with E-state index >= 15 is 0 Å². The molecule has 0 aliphatic rings. The quantitative estimate of drug-likeness (QED) is 0.588. The Morgan fingerprint density at radius 1 is 1.07 bits per heavy atom. The van der Waals surface area contributed by atoms with Gasteiger partial charge in [0.1, 0.15) is 17.2 Å². The largest absolute Gasteiger partial charge is 0.496 e. The molecule has 0 aliphatic heterocycles. The summed E-state index contributed by atoms with van der Waals surface area (Å²) in [6, 6.07) is 13.1. The molecule has 1 N–H and O–H groups in total. The number of aromatic nitrogens is 1. The lowest BCUT2D eigenvalue weighted by atomic mass is 10.0. The molecule has 0 radical (unpaired) electrons. The lowest BCUT2D eigenvalue weighted by Gasteiger charge is -2.15. The molecule has 3 rings (SSSR count). The SMILES string of the molecule is CCn1cc(C)c(-c2ccc(Cl)cc2)c1C(=O)NCc1c(OC)cccc1OC. The highest BCUT2D eigenvalue weighted by atomic mass is 35.5. The Labute approximate surface area is 176 Å². The van der Waals surface area contributed by atoms with Gasteiger partial charge in [0.15, 0.2) is 0 Å². The van der Waals surface area contributed by atoms with Crippen molar-refractivity contribution in [2.75, 3.05) is 14.2 Å². The van der Waals surface area contributed by atoms with Crippen LogP contribution in [0.5, 0.6) is 11.5 Å². The van der Waals surface area contributed by atoms with Crippen LogP contribution >= 0.6 is 11.6 Å². The van der Waals surface area contributed by atoms with Gasteiger partial charge in [0, 0.05) is 23.3 Å². The van der Waals surface area contributed by atoms with Crippen LogP contribution in [-0.2, 0) is 13.1 Å². The molecule has 0 saturated heterocycles. The van der Waals surface area contributed by atoms with Crippen molar-refractivity contribution in [1.82, 2.24) is 9.88 Å². The van der Waals surface area contributed by atoms with Crippen LogP contribution < -0.4 is 14.8 Å². The van der Waals surface area contributed by atoms with Crippen LogP contribution in [0.15, 0.2) is 48.7 Å². The number of amides is 1. The van der Waals surface area contributed by atoms with E-state index in [0.717, 1.165) is 22.3 Å². The zero-order chi connectivity index (χ0) is 21.0. The van der Waals surface area contributed by atoms with Gasteiger partial charge in [-0.25, -0.2) is 0 Å². The molecule has 0 atom stereocenters. The summed E-state index contributed by atoms with van der Waals surface area (Å²) in [5.74, 6) is 1.19. The molecular formula is C23H25ClN2O3. The Balaban J connectivity index is 1.95. The molecule has 0 unspecified atom stereocenters. The fraction of sp³-hybridized carbons (Fsp3) is 0.261. The van der Waals surface area contributed by atoms with Gasteiger partial charge >= 0.3 is 0 Å². The van der Waals surface area contributed by atoms with E-state index in [1.54, 1.807) is 14.2 Å². The summed E-state index contributed by atoms with van der Waals surface area (Å²) >= 11 is 6.04. The van der Waals surface area contributed by atoms with Gasteiger partial charge in [-0.15, -0.1) is 0 Å². The minimum Gasteiger partial charge on any atom is -0.496 e. The van der Waals surface area contributed by atoms with Gasteiger partial charge < -0.3 is 19.4 Å². The molecule has 29 heavy (non-hydrogen) atoms. The number of benzene rings is 2. The number of halogens is 1. The Morgan fingerprint density at radius 2 is 1.69 bits per heavy atom. The van der Waals surface area contributed by atoms with E-state index in [1.807, 2.05) is 67.1 Å². The summed E-state index contributed by atoms with van der Waals surface area (Å²) in [4.78, 5) is 13.2. The predicted octanol–water partition coefficient (Wildman–Crippen LogP) is 5.08. The van der Waals surface area contributed by atoms with Crippen LogP contribution in [0.1, 0.15) is 28.5 Å². The highest BCUT2D eigenvalue weighted by Crippen LogP contribution is 2.31. The molecule has 0 aliphatic carbocycles. The van der Waals surface area contributed by atoms with E-state index in [9.17, 15) is 4.79 Å². The Hall–Kier alpha value is -2.92. The monoisotopic (exact) mass is 412 g/mol. The first-order chi connectivity index (χ1) is 14.0. The number of methoxy groups -OCH3 is 2. The number of ether oxygens (including phenoxy) is 2. The third kappa shape index (κ3) is 4.25. The van der Waals surface area contributed by atoms with Crippen LogP contribution in [0.2, 0.25) is 5.02 Å². The van der Waals surface area contributed by atoms with Gasteiger partial charge in [-0.05, 0) is 49.2 Å². The average Bonchev–Trinajstić information content (AvgIpc) is 3.08. The van der Waals surface area contributed by atoms with Crippen molar-refractivity contribution in [3.63, 3.8) is 0 Å². The first-order valence-electron chi connectivity index (χ1n) is 9.43. The molecule has 0 spiro atoms. The number of nitrogens with one attached hydrogen (secondary N) is 1. The number of hydrogen-bond donors (Lipinski definition) is 1. The lowest BCUT2D eigenvalue weighted by Crippen LogP contribution is -2.26. The Bertz CT molecular complexity index is 987. The predicted molar refractivity (Wildman–Crippen MR) is 116 cm³/mol. The van der Waals surface area contributed by atoms with E-state index in [-0.39, 0.29) is 5.91 Å². The molecule has 6 heteroatoms. The zero-order valence-electron chi connectivity index (χ0n) is 17.1. The van der Waals surface area contributed by atoms with E-state index in [2.05, 4.69) is 5.32 Å². The first kappa shape index (κ1) is 20.8. The van der Waals surface area contributed by atoms with Gasteiger partial charge in [-0.2, -0.15) is 0 Å². The number of hydrogen-bond acceptors (Lipinski definition) is 3. The minimum atomic E-state index is -0.155. The van der Waals surface area contributed by atoms with Crippen LogP contribution in [0.3, 0.4) is 0 Å². The Morgan fingerprint density at radius 3 is 2.24 bits per heavy atom.